The minimum Gasteiger partial charge on any atom is -0.493 e. The van der Waals surface area contributed by atoms with E-state index in [0.29, 0.717) is 22.9 Å². The molecule has 2 N–H and O–H groups in total. The molecule has 1 heterocycles. The van der Waals surface area contributed by atoms with Gasteiger partial charge in [-0.15, -0.1) is 0 Å². The van der Waals surface area contributed by atoms with Crippen LogP contribution in [0.25, 0.3) is 11.3 Å². The third-order valence-electron chi connectivity index (χ3n) is 4.10. The number of aromatic amines is 1. The Kier molecular flexibility index (Phi) is 6.29. The van der Waals surface area contributed by atoms with E-state index in [2.05, 4.69) is 20.7 Å². The fourth-order valence-corrected chi connectivity index (χ4v) is 2.64. The van der Waals surface area contributed by atoms with Crippen LogP contribution in [0, 0.1) is 6.92 Å². The Morgan fingerprint density at radius 3 is 2.59 bits per heavy atom. The Morgan fingerprint density at radius 1 is 1.14 bits per heavy atom. The number of aryl methyl sites for hydroxylation is 1. The average Bonchev–Trinajstić information content (AvgIpc) is 3.19. The first-order chi connectivity index (χ1) is 14.0. The van der Waals surface area contributed by atoms with Gasteiger partial charge in [-0.1, -0.05) is 29.8 Å². The zero-order valence-corrected chi connectivity index (χ0v) is 16.9. The molecule has 29 heavy (non-hydrogen) atoms. The summed E-state index contributed by atoms with van der Waals surface area (Å²) in [6.45, 7) is 5.92. The lowest BCUT2D eigenvalue weighted by Crippen LogP contribution is -2.17. The van der Waals surface area contributed by atoms with Gasteiger partial charge in [0.1, 0.15) is 5.69 Å². The van der Waals surface area contributed by atoms with Gasteiger partial charge in [-0.25, -0.2) is 5.43 Å². The molecule has 7 heteroatoms. The zero-order valence-electron chi connectivity index (χ0n) is 16.9. The zero-order chi connectivity index (χ0) is 20.8. The third-order valence-corrected chi connectivity index (χ3v) is 4.10. The lowest BCUT2D eigenvalue weighted by atomic mass is 10.1. The maximum Gasteiger partial charge on any atom is 0.289 e. The average molecular weight is 392 g/mol. The van der Waals surface area contributed by atoms with Gasteiger partial charge in [0, 0.05) is 5.56 Å². The standard InChI is InChI=1S/C22H24N4O3/c1-14(2)29-20-10-9-17(11-21(20)28-4)18-12-19(25-24-18)22(27)26-23-13-16-7-5-15(3)6-8-16/h5-14H,1-4H3,(H,24,25)(H,26,27)/b23-13+. The maximum atomic E-state index is 12.3. The molecule has 1 amide bonds. The molecule has 3 rings (SSSR count). The summed E-state index contributed by atoms with van der Waals surface area (Å²) in [7, 11) is 1.59. The summed E-state index contributed by atoms with van der Waals surface area (Å²) in [6, 6.07) is 15.0. The lowest BCUT2D eigenvalue weighted by molar-refractivity contribution is 0.0950. The summed E-state index contributed by atoms with van der Waals surface area (Å²) >= 11 is 0. The van der Waals surface area contributed by atoms with Crippen molar-refractivity contribution in [1.82, 2.24) is 15.6 Å². The number of methoxy groups -OCH3 is 1. The molecule has 2 aromatic carbocycles. The van der Waals surface area contributed by atoms with E-state index in [1.807, 2.05) is 63.2 Å². The third kappa shape index (κ3) is 5.22. The van der Waals surface area contributed by atoms with E-state index in [1.54, 1.807) is 19.4 Å². The van der Waals surface area contributed by atoms with Gasteiger partial charge in [-0.2, -0.15) is 10.2 Å². The van der Waals surface area contributed by atoms with Crippen molar-refractivity contribution in [3.8, 4) is 22.8 Å². The van der Waals surface area contributed by atoms with Crippen molar-refractivity contribution in [2.45, 2.75) is 26.9 Å². The molecule has 0 saturated heterocycles. The highest BCUT2D eigenvalue weighted by atomic mass is 16.5. The van der Waals surface area contributed by atoms with Crippen LogP contribution in [-0.4, -0.2) is 35.5 Å². The van der Waals surface area contributed by atoms with Gasteiger partial charge in [-0.3, -0.25) is 9.89 Å². The summed E-state index contributed by atoms with van der Waals surface area (Å²) < 4.78 is 11.1. The van der Waals surface area contributed by atoms with E-state index in [0.717, 1.165) is 16.7 Å². The van der Waals surface area contributed by atoms with Crippen molar-refractivity contribution in [2.24, 2.45) is 5.10 Å². The van der Waals surface area contributed by atoms with Crippen LogP contribution in [0.3, 0.4) is 0 Å². The van der Waals surface area contributed by atoms with Crippen molar-refractivity contribution in [1.29, 1.82) is 0 Å². The Balaban J connectivity index is 1.69. The number of carbonyl (C=O) groups is 1. The van der Waals surface area contributed by atoms with E-state index < -0.39 is 0 Å². The monoisotopic (exact) mass is 392 g/mol. The highest BCUT2D eigenvalue weighted by Gasteiger charge is 2.13. The highest BCUT2D eigenvalue weighted by molar-refractivity contribution is 5.94. The van der Waals surface area contributed by atoms with Gasteiger partial charge in [0.05, 0.1) is 25.1 Å². The summed E-state index contributed by atoms with van der Waals surface area (Å²) in [5.41, 5.74) is 6.29. The Hall–Kier alpha value is -3.61. The number of nitrogens with zero attached hydrogens (tertiary/aromatic N) is 2. The largest absolute Gasteiger partial charge is 0.493 e. The number of hydrogen-bond acceptors (Lipinski definition) is 5. The normalized spacial score (nSPS) is 11.1. The summed E-state index contributed by atoms with van der Waals surface area (Å²) in [5.74, 6) is 0.886. The minimum atomic E-state index is -0.376. The van der Waals surface area contributed by atoms with E-state index in [-0.39, 0.29) is 12.0 Å². The van der Waals surface area contributed by atoms with Gasteiger partial charge in [-0.05, 0) is 50.6 Å². The smallest absolute Gasteiger partial charge is 0.289 e. The van der Waals surface area contributed by atoms with E-state index >= 15 is 0 Å². The number of rotatable bonds is 7. The second-order valence-electron chi connectivity index (χ2n) is 6.81. The van der Waals surface area contributed by atoms with Gasteiger partial charge in [0.25, 0.3) is 5.91 Å². The van der Waals surface area contributed by atoms with Crippen molar-refractivity contribution >= 4 is 12.1 Å². The number of ether oxygens (including phenoxy) is 2. The maximum absolute atomic E-state index is 12.3. The summed E-state index contributed by atoms with van der Waals surface area (Å²) in [6.07, 6.45) is 1.63. The molecular weight excluding hydrogens is 368 g/mol. The van der Waals surface area contributed by atoms with Crippen LogP contribution in [0.15, 0.2) is 53.6 Å². The lowest BCUT2D eigenvalue weighted by Gasteiger charge is -2.14. The van der Waals surface area contributed by atoms with Crippen LogP contribution in [-0.2, 0) is 0 Å². The molecule has 1 aromatic heterocycles. The highest BCUT2D eigenvalue weighted by Crippen LogP contribution is 2.32. The topological polar surface area (TPSA) is 88.6 Å². The summed E-state index contributed by atoms with van der Waals surface area (Å²) in [5, 5.41) is 10.9. The second-order valence-corrected chi connectivity index (χ2v) is 6.81. The molecule has 0 saturated carbocycles. The molecule has 3 aromatic rings. The van der Waals surface area contributed by atoms with Crippen LogP contribution in [0.5, 0.6) is 11.5 Å². The number of hydrazone groups is 1. The Labute approximate surface area is 169 Å². The number of aromatic nitrogens is 2. The van der Waals surface area contributed by atoms with Crippen LogP contribution in [0.4, 0.5) is 0 Å². The van der Waals surface area contributed by atoms with E-state index in [9.17, 15) is 4.79 Å². The first-order valence-corrected chi connectivity index (χ1v) is 9.27. The SMILES string of the molecule is COc1cc(-c2cc(C(=O)N/N=C/c3ccc(C)cc3)[nH]n2)ccc1OC(C)C. The molecule has 0 aliphatic rings. The number of amides is 1. The molecule has 0 aliphatic heterocycles. The number of nitrogens with one attached hydrogen (secondary N) is 2. The summed E-state index contributed by atoms with van der Waals surface area (Å²) in [4.78, 5) is 12.3. The molecule has 0 unspecified atom stereocenters. The number of carbonyl (C=O) groups excluding carboxylic acids is 1. The van der Waals surface area contributed by atoms with Crippen molar-refractivity contribution in [3.63, 3.8) is 0 Å². The molecule has 0 bridgehead atoms. The van der Waals surface area contributed by atoms with E-state index in [1.165, 1.54) is 0 Å². The van der Waals surface area contributed by atoms with Crippen LogP contribution in [0.1, 0.15) is 35.5 Å². The van der Waals surface area contributed by atoms with Gasteiger partial charge < -0.3 is 9.47 Å². The molecule has 0 radical (unpaired) electrons. The predicted octanol–water partition coefficient (Wildman–Crippen LogP) is 3.94. The molecular formula is C22H24N4O3. The molecule has 7 nitrogen and oxygen atoms in total. The quantitative estimate of drug-likeness (QED) is 0.471. The van der Waals surface area contributed by atoms with Crippen LogP contribution < -0.4 is 14.9 Å². The van der Waals surface area contributed by atoms with Crippen LogP contribution in [0.2, 0.25) is 0 Å². The Bertz CT molecular complexity index is 1010. The van der Waals surface area contributed by atoms with Gasteiger partial charge in [0.15, 0.2) is 11.5 Å². The number of hydrogen-bond donors (Lipinski definition) is 2. The fraction of sp³-hybridized carbons (Fsp3) is 0.227. The fourth-order valence-electron chi connectivity index (χ4n) is 2.64. The first-order valence-electron chi connectivity index (χ1n) is 9.27. The number of H-pyrrole nitrogens is 1. The Morgan fingerprint density at radius 2 is 1.90 bits per heavy atom. The van der Waals surface area contributed by atoms with Crippen molar-refractivity contribution < 1.29 is 14.3 Å². The number of benzene rings is 2. The van der Waals surface area contributed by atoms with E-state index in [4.69, 9.17) is 9.47 Å². The second kappa shape index (κ2) is 9.05. The van der Waals surface area contributed by atoms with Crippen LogP contribution >= 0.6 is 0 Å². The minimum absolute atomic E-state index is 0.0379. The molecule has 0 spiro atoms. The first kappa shape index (κ1) is 20.1. The van der Waals surface area contributed by atoms with Crippen molar-refractivity contribution in [3.05, 3.63) is 65.4 Å². The molecule has 0 fully saturated rings. The molecule has 150 valence electrons. The van der Waals surface area contributed by atoms with Crippen molar-refractivity contribution in [2.75, 3.05) is 7.11 Å². The molecule has 0 aliphatic carbocycles. The van der Waals surface area contributed by atoms with Gasteiger partial charge >= 0.3 is 0 Å². The van der Waals surface area contributed by atoms with Gasteiger partial charge in [0.2, 0.25) is 0 Å². The predicted molar refractivity (Wildman–Crippen MR) is 113 cm³/mol. The molecule has 0 atom stereocenters.